The number of nitrogens with zero attached hydrogens (tertiary/aromatic N) is 4. The van der Waals surface area contributed by atoms with Gasteiger partial charge in [0.2, 0.25) is 5.95 Å². The third-order valence-corrected chi connectivity index (χ3v) is 6.74. The molecule has 7 nitrogen and oxygen atoms in total. The molecular weight excluding hydrogens is 422 g/mol. The quantitative estimate of drug-likeness (QED) is 0.521. The Morgan fingerprint density at radius 2 is 1.84 bits per heavy atom. The molecule has 0 saturated carbocycles. The van der Waals surface area contributed by atoms with Gasteiger partial charge in [-0.2, -0.15) is 0 Å². The molecule has 4 aromatic rings. The van der Waals surface area contributed by atoms with Crippen LogP contribution in [0.1, 0.15) is 16.8 Å². The van der Waals surface area contributed by atoms with Crippen LogP contribution in [0.25, 0.3) is 28.0 Å². The van der Waals surface area contributed by atoms with Crippen LogP contribution in [0.15, 0.2) is 72.0 Å². The van der Waals surface area contributed by atoms with Crippen molar-refractivity contribution in [3.63, 3.8) is 0 Å². The van der Waals surface area contributed by atoms with Gasteiger partial charge in [0.05, 0.1) is 21.2 Å². The fourth-order valence-electron chi connectivity index (χ4n) is 4.10. The lowest BCUT2D eigenvalue weighted by molar-refractivity contribution is 0.0791. The van der Waals surface area contributed by atoms with Crippen LogP contribution < -0.4 is 5.73 Å². The zero-order valence-electron chi connectivity index (χ0n) is 17.6. The number of carbonyl (C=O) groups is 1. The summed E-state index contributed by atoms with van der Waals surface area (Å²) in [6.45, 7) is 1.22. The molecule has 2 unspecified atom stereocenters. The minimum absolute atomic E-state index is 0.0252. The summed E-state index contributed by atoms with van der Waals surface area (Å²) in [7, 11) is -1.20. The van der Waals surface area contributed by atoms with Gasteiger partial charge in [0.1, 0.15) is 0 Å². The summed E-state index contributed by atoms with van der Waals surface area (Å²) in [4.78, 5) is 24.6. The number of nitrogens with two attached hydrogens (primary N) is 1. The number of carbonyl (C=O) groups excluding carboxylic acids is 1. The minimum Gasteiger partial charge on any atom is -0.337 e. The first kappa shape index (κ1) is 20.5. The van der Waals surface area contributed by atoms with Gasteiger partial charge in [0.25, 0.3) is 5.91 Å². The maximum absolute atomic E-state index is 13.0. The number of benzene rings is 2. The number of hydrogen-bond donors (Lipinski definition) is 1. The number of amides is 1. The van der Waals surface area contributed by atoms with Crippen LogP contribution in [-0.2, 0) is 10.8 Å². The molecule has 8 heteroatoms. The highest BCUT2D eigenvalue weighted by Crippen LogP contribution is 2.28. The first-order valence-corrected chi connectivity index (χ1v) is 12.0. The molecule has 1 aliphatic rings. The summed E-state index contributed by atoms with van der Waals surface area (Å²) in [5.41, 5.74) is 9.23. The van der Waals surface area contributed by atoms with Crippen molar-refractivity contribution in [2.24, 2.45) is 5.73 Å². The third-order valence-electron chi connectivity index (χ3n) is 5.80. The maximum atomic E-state index is 13.0. The average Bonchev–Trinajstić information content (AvgIpc) is 3.43. The van der Waals surface area contributed by atoms with Crippen molar-refractivity contribution in [1.29, 1.82) is 0 Å². The van der Waals surface area contributed by atoms with Crippen molar-refractivity contribution in [3.8, 4) is 17.1 Å². The molecule has 2 atom stereocenters. The molecule has 1 saturated heterocycles. The Labute approximate surface area is 188 Å². The SMILES string of the molecule is CS(=O)c1cn(-c2ncc(-c3ccccc3)cn2)c2cc(C(=O)N3CCC(N)C3)ccc12. The van der Waals surface area contributed by atoms with Crippen LogP contribution in [0.4, 0.5) is 0 Å². The molecule has 1 amide bonds. The first-order chi connectivity index (χ1) is 15.5. The molecule has 0 aliphatic carbocycles. The highest BCUT2D eigenvalue weighted by Gasteiger charge is 2.25. The first-order valence-electron chi connectivity index (χ1n) is 10.4. The minimum atomic E-state index is -1.20. The van der Waals surface area contributed by atoms with Crippen molar-refractivity contribution in [1.82, 2.24) is 19.4 Å². The highest BCUT2D eigenvalue weighted by atomic mass is 32.2. The largest absolute Gasteiger partial charge is 0.337 e. The molecule has 1 aliphatic heterocycles. The van der Waals surface area contributed by atoms with Gasteiger partial charge in [-0.3, -0.25) is 13.6 Å². The van der Waals surface area contributed by atoms with Gasteiger partial charge in [-0.25, -0.2) is 9.97 Å². The van der Waals surface area contributed by atoms with Crippen molar-refractivity contribution in [3.05, 3.63) is 72.7 Å². The lowest BCUT2D eigenvalue weighted by Crippen LogP contribution is -2.31. The number of hydrogen-bond acceptors (Lipinski definition) is 5. The van der Waals surface area contributed by atoms with Crippen LogP contribution in [0.5, 0.6) is 0 Å². The number of fused-ring (bicyclic) bond motifs is 1. The second-order valence-electron chi connectivity index (χ2n) is 7.99. The number of rotatable bonds is 4. The van der Waals surface area contributed by atoms with E-state index in [-0.39, 0.29) is 11.9 Å². The van der Waals surface area contributed by atoms with Crippen molar-refractivity contribution in [2.45, 2.75) is 17.4 Å². The molecule has 0 radical (unpaired) electrons. The Morgan fingerprint density at radius 1 is 1.09 bits per heavy atom. The van der Waals surface area contributed by atoms with Crippen LogP contribution >= 0.6 is 0 Å². The third kappa shape index (κ3) is 3.72. The molecule has 0 bridgehead atoms. The summed E-state index contributed by atoms with van der Waals surface area (Å²) >= 11 is 0. The fourth-order valence-corrected chi connectivity index (χ4v) is 4.84. The van der Waals surface area contributed by atoms with Crippen molar-refractivity contribution in [2.75, 3.05) is 19.3 Å². The second kappa shape index (κ2) is 8.29. The maximum Gasteiger partial charge on any atom is 0.253 e. The van der Waals surface area contributed by atoms with E-state index in [1.54, 1.807) is 40.4 Å². The van der Waals surface area contributed by atoms with E-state index in [1.807, 2.05) is 42.5 Å². The summed E-state index contributed by atoms with van der Waals surface area (Å²) in [5.74, 6) is 0.409. The van der Waals surface area contributed by atoms with E-state index in [2.05, 4.69) is 9.97 Å². The van der Waals surface area contributed by atoms with Gasteiger partial charge in [0.15, 0.2) is 0 Å². The van der Waals surface area contributed by atoms with Gasteiger partial charge in [-0.05, 0) is 24.1 Å². The van der Waals surface area contributed by atoms with Crippen LogP contribution in [0, 0.1) is 0 Å². The van der Waals surface area contributed by atoms with Gasteiger partial charge < -0.3 is 10.6 Å². The lowest BCUT2D eigenvalue weighted by Gasteiger charge is -2.16. The van der Waals surface area contributed by atoms with Crippen LogP contribution in [0.3, 0.4) is 0 Å². The normalized spacial score (nSPS) is 17.1. The molecule has 3 heterocycles. The van der Waals surface area contributed by atoms with Crippen molar-refractivity contribution >= 4 is 27.6 Å². The fraction of sp³-hybridized carbons (Fsp3) is 0.208. The Hall–Kier alpha value is -3.36. The van der Waals surface area contributed by atoms with Crippen molar-refractivity contribution < 1.29 is 9.00 Å². The van der Waals surface area contributed by atoms with Gasteiger partial charge >= 0.3 is 0 Å². The molecule has 162 valence electrons. The highest BCUT2D eigenvalue weighted by molar-refractivity contribution is 7.84. The summed E-state index contributed by atoms with van der Waals surface area (Å²) in [6, 6.07) is 15.4. The van der Waals surface area contributed by atoms with E-state index in [1.165, 1.54) is 0 Å². The smallest absolute Gasteiger partial charge is 0.253 e. The molecule has 2 aromatic carbocycles. The standard InChI is InChI=1S/C24H23N5O2S/c1-32(31)22-15-29(24-26-12-18(13-27-24)16-5-3-2-4-6-16)21-11-17(7-8-20(21)22)23(30)28-10-9-19(25)14-28/h2-8,11-13,15,19H,9-10,14,25H2,1H3. The van der Waals surface area contributed by atoms with E-state index in [0.717, 1.165) is 28.5 Å². The topological polar surface area (TPSA) is 94.1 Å². The zero-order valence-corrected chi connectivity index (χ0v) is 18.5. The van der Waals surface area contributed by atoms with Gasteiger partial charge in [0, 0.05) is 60.5 Å². The molecule has 5 rings (SSSR count). The predicted octanol–water partition coefficient (Wildman–Crippen LogP) is 3.00. The van der Waals surface area contributed by atoms with E-state index in [0.29, 0.717) is 29.5 Å². The van der Waals surface area contributed by atoms with E-state index >= 15 is 0 Å². The molecule has 0 spiro atoms. The molecule has 2 aromatic heterocycles. The van der Waals surface area contributed by atoms with E-state index in [4.69, 9.17) is 5.73 Å². The molecular formula is C24H23N5O2S. The van der Waals surface area contributed by atoms with Crippen LogP contribution in [-0.4, -0.2) is 54.9 Å². The Balaban J connectivity index is 1.57. The van der Waals surface area contributed by atoms with E-state index in [9.17, 15) is 9.00 Å². The molecule has 1 fully saturated rings. The number of likely N-dealkylation sites (tertiary alicyclic amines) is 1. The lowest BCUT2D eigenvalue weighted by atomic mass is 10.1. The Kier molecular flexibility index (Phi) is 5.32. The summed E-state index contributed by atoms with van der Waals surface area (Å²) < 4.78 is 14.2. The summed E-state index contributed by atoms with van der Waals surface area (Å²) in [5, 5.41) is 0.816. The molecule has 2 N–H and O–H groups in total. The van der Waals surface area contributed by atoms with Gasteiger partial charge in [-0.1, -0.05) is 36.4 Å². The van der Waals surface area contributed by atoms with E-state index < -0.39 is 10.8 Å². The second-order valence-corrected chi connectivity index (χ2v) is 9.34. The number of aromatic nitrogens is 3. The average molecular weight is 446 g/mol. The zero-order chi connectivity index (χ0) is 22.2. The Morgan fingerprint density at radius 3 is 2.50 bits per heavy atom. The Bertz CT molecular complexity index is 1320. The predicted molar refractivity (Wildman–Crippen MR) is 125 cm³/mol. The molecule has 32 heavy (non-hydrogen) atoms. The summed E-state index contributed by atoms with van der Waals surface area (Å²) in [6.07, 6.45) is 7.78. The van der Waals surface area contributed by atoms with Crippen LogP contribution in [0.2, 0.25) is 0 Å². The monoisotopic (exact) mass is 445 g/mol. The van der Waals surface area contributed by atoms with Gasteiger partial charge in [-0.15, -0.1) is 0 Å².